The number of methoxy groups -OCH3 is 2. The number of ether oxygens (including phenoxy) is 6. The number of aromatic hydroxyl groups is 2. The molecule has 26 nitrogen and oxygen atoms in total. The molecule has 2 saturated heterocycles. The van der Waals surface area contributed by atoms with Crippen LogP contribution in [0.5, 0.6) is 17.2 Å². The van der Waals surface area contributed by atoms with Gasteiger partial charge in [-0.3, -0.25) is 43.2 Å². The van der Waals surface area contributed by atoms with Gasteiger partial charge in [0.05, 0.1) is 75.0 Å². The first-order valence-corrected chi connectivity index (χ1v) is 28.9. The second-order valence-electron chi connectivity index (χ2n) is 23.4. The van der Waals surface area contributed by atoms with Crippen molar-refractivity contribution in [2.45, 2.75) is 160 Å². The smallest absolute Gasteiger partial charge is 0.249 e. The molecule has 2 heterocycles. The maximum atomic E-state index is 14.3. The maximum Gasteiger partial charge on any atom is 0.249 e. The first kappa shape index (κ1) is 67.5. The van der Waals surface area contributed by atoms with Crippen molar-refractivity contribution in [3.8, 4) is 17.2 Å². The highest BCUT2D eigenvalue weighted by molar-refractivity contribution is 6.31. The van der Waals surface area contributed by atoms with Crippen LogP contribution in [0.4, 0.5) is 0 Å². The summed E-state index contributed by atoms with van der Waals surface area (Å²) < 4.78 is 33.5. The summed E-state index contributed by atoms with van der Waals surface area (Å²) in [6, 6.07) is -1.29. The van der Waals surface area contributed by atoms with E-state index in [-0.39, 0.29) is 97.2 Å². The Labute approximate surface area is 493 Å². The second kappa shape index (κ2) is 30.1. The molecule has 0 bridgehead atoms. The van der Waals surface area contributed by atoms with Crippen LogP contribution in [0.1, 0.15) is 142 Å². The first-order valence-electron chi connectivity index (χ1n) is 28.9. The minimum absolute atomic E-state index is 0.0150. The van der Waals surface area contributed by atoms with Gasteiger partial charge in [0.15, 0.2) is 17.9 Å². The number of likely N-dealkylation sites (tertiary alicyclic amines) is 1. The third-order valence-electron chi connectivity index (χ3n) is 15.5. The van der Waals surface area contributed by atoms with Crippen LogP contribution in [0.15, 0.2) is 18.2 Å². The number of phenolic OH excluding ortho intramolecular Hbond substituents is 2. The SMILES string of the molecule is COCCOCCOCC(=O)N1CCC[C@H]1C(=O)N[C@@H](CC(C)C)C(=O)NCC(=O)N[C@@H](CC(C)C)C(=O)N[C@@H](CC(C)C)C(=O)N[C@H]1C[C@H](O[C@H]2C[C@](O)(C(=O)CO)Cc3c(O)c4c(c(O)c32)C(=O)c2c(OC)cccc2C4=O)O[C@@H](C)[C@H]1O. The summed E-state index contributed by atoms with van der Waals surface area (Å²) in [5.74, 6) is -8.64. The molecule has 0 aromatic heterocycles. The molecule has 2 aromatic rings. The van der Waals surface area contributed by atoms with E-state index in [1.54, 1.807) is 7.11 Å². The van der Waals surface area contributed by atoms with Crippen molar-refractivity contribution in [2.75, 3.05) is 67.0 Å². The van der Waals surface area contributed by atoms with Crippen LogP contribution in [-0.4, -0.2) is 204 Å². The zero-order chi connectivity index (χ0) is 62.6. The summed E-state index contributed by atoms with van der Waals surface area (Å²) in [5.41, 5.74) is -4.51. The standard InChI is InChI=1S/C59H84N6O20/c1-29(2)20-36(64-58(78)39-13-11-15-65(39)44(69)28-83-19-18-82-17-16-80-8)55(75)60-26-43(68)61-37(21-30(3)4)56(76)63-38(22-31(5)6)57(77)62-35-23-45(84-32(7)50(35)70)85-41-25-59(79,42(67)27-66)24-34-47(41)54(74)49-48(52(34)72)51(71)33-12-10-14-40(81-9)46(33)53(49)73/h10,12,14,29-32,35-39,41,45,50,66,70,72,74,79H,11,13,15-28H2,1-9H3,(H,60,75)(H,61,68)(H,62,77)(H,63,76)(H,64,78)/t32-,35-,36-,37-,38-,39-,41-,45-,50+,59-/m0/s1. The van der Waals surface area contributed by atoms with Crippen molar-refractivity contribution in [3.63, 3.8) is 0 Å². The van der Waals surface area contributed by atoms with Gasteiger partial charge in [-0.05, 0) is 62.8 Å². The molecule has 0 radical (unpaired) electrons. The van der Waals surface area contributed by atoms with Gasteiger partial charge in [0.1, 0.15) is 66.3 Å². The van der Waals surface area contributed by atoms with Gasteiger partial charge < -0.3 is 85.4 Å². The highest BCUT2D eigenvalue weighted by Gasteiger charge is 2.51. The van der Waals surface area contributed by atoms with E-state index in [9.17, 15) is 68.7 Å². The molecule has 2 aliphatic carbocycles. The van der Waals surface area contributed by atoms with Gasteiger partial charge >= 0.3 is 0 Å². The Morgan fingerprint density at radius 1 is 0.788 bits per heavy atom. The van der Waals surface area contributed by atoms with Crippen molar-refractivity contribution < 1.29 is 97.1 Å². The number of Topliss-reactive ketones (excluding diaryl/α,β-unsaturated/α-hetero) is 1. The molecule has 0 saturated carbocycles. The number of carbonyl (C=O) groups is 9. The van der Waals surface area contributed by atoms with Crippen LogP contribution >= 0.6 is 0 Å². The van der Waals surface area contributed by atoms with Crippen LogP contribution in [0.25, 0.3) is 0 Å². The lowest BCUT2D eigenvalue weighted by molar-refractivity contribution is -0.249. The van der Waals surface area contributed by atoms with Gasteiger partial charge in [0.25, 0.3) is 0 Å². The Bertz CT molecular complexity index is 2790. The Hall–Kier alpha value is -6.65. The van der Waals surface area contributed by atoms with Gasteiger partial charge in [0.2, 0.25) is 41.2 Å². The van der Waals surface area contributed by atoms with Crippen LogP contribution in [0.2, 0.25) is 0 Å². The normalized spacial score (nSPS) is 22.9. The Morgan fingerprint density at radius 2 is 1.41 bits per heavy atom. The molecule has 26 heteroatoms. The highest BCUT2D eigenvalue weighted by Crippen LogP contribution is 2.52. The number of benzene rings is 2. The molecule has 2 aliphatic heterocycles. The van der Waals surface area contributed by atoms with E-state index in [0.717, 1.165) is 0 Å². The molecular formula is C59H84N6O20. The minimum atomic E-state index is -2.44. The lowest BCUT2D eigenvalue weighted by Crippen LogP contribution is -2.60. The third-order valence-corrected chi connectivity index (χ3v) is 15.5. The molecule has 4 aliphatic rings. The fraction of sp³-hybridized carbons (Fsp3) is 0.644. The average Bonchev–Trinajstić information content (AvgIpc) is 1.10. The number of phenols is 2. The topological polar surface area (TPSA) is 374 Å². The fourth-order valence-corrected chi connectivity index (χ4v) is 11.3. The summed E-state index contributed by atoms with van der Waals surface area (Å²) in [6.45, 7) is 12.0. The van der Waals surface area contributed by atoms with Gasteiger partial charge in [-0.25, -0.2) is 0 Å². The van der Waals surface area contributed by atoms with E-state index in [1.807, 2.05) is 41.5 Å². The Balaban J connectivity index is 1.12. The summed E-state index contributed by atoms with van der Waals surface area (Å²) in [4.78, 5) is 125. The average molecular weight is 1200 g/mol. The summed E-state index contributed by atoms with van der Waals surface area (Å²) >= 11 is 0. The molecule has 0 unspecified atom stereocenters. The number of nitrogens with one attached hydrogen (secondary N) is 5. The Kier molecular flexibility index (Phi) is 23.9. The fourth-order valence-electron chi connectivity index (χ4n) is 11.3. The Morgan fingerprint density at radius 3 is 2.05 bits per heavy atom. The lowest BCUT2D eigenvalue weighted by atomic mass is 9.72. The summed E-state index contributed by atoms with van der Waals surface area (Å²) in [5, 5.41) is 70.5. The number of amides is 6. The van der Waals surface area contributed by atoms with Gasteiger partial charge in [-0.2, -0.15) is 0 Å². The van der Waals surface area contributed by atoms with Gasteiger partial charge in [0, 0.05) is 49.6 Å². The van der Waals surface area contributed by atoms with Crippen molar-refractivity contribution in [2.24, 2.45) is 17.8 Å². The number of aliphatic hydroxyl groups is 3. The van der Waals surface area contributed by atoms with Crippen LogP contribution in [0, 0.1) is 17.8 Å². The van der Waals surface area contributed by atoms with E-state index in [4.69, 9.17) is 28.4 Å². The zero-order valence-corrected chi connectivity index (χ0v) is 49.8. The van der Waals surface area contributed by atoms with E-state index in [0.29, 0.717) is 32.6 Å². The van der Waals surface area contributed by atoms with Crippen molar-refractivity contribution in [1.29, 1.82) is 0 Å². The first-order chi connectivity index (χ1) is 40.2. The van der Waals surface area contributed by atoms with Gasteiger partial charge in [-0.1, -0.05) is 53.7 Å². The van der Waals surface area contributed by atoms with Crippen molar-refractivity contribution >= 4 is 52.8 Å². The van der Waals surface area contributed by atoms with Crippen LogP contribution in [0.3, 0.4) is 0 Å². The van der Waals surface area contributed by atoms with Crippen LogP contribution in [-0.2, 0) is 63.7 Å². The predicted octanol–water partition coefficient (Wildman–Crippen LogP) is 0.538. The summed E-state index contributed by atoms with van der Waals surface area (Å²) in [6.07, 6.45) is -5.84. The highest BCUT2D eigenvalue weighted by atomic mass is 16.7. The number of carbonyl (C=O) groups excluding carboxylic acids is 9. The largest absolute Gasteiger partial charge is 0.507 e. The monoisotopic (exact) mass is 1200 g/mol. The molecule has 6 rings (SSSR count). The number of rotatable bonds is 29. The van der Waals surface area contributed by atoms with E-state index in [1.165, 1.54) is 37.1 Å². The lowest BCUT2D eigenvalue weighted by Gasteiger charge is -2.43. The molecule has 6 amide bonds. The molecule has 2 aromatic carbocycles. The minimum Gasteiger partial charge on any atom is -0.507 e. The number of hydrogen-bond donors (Lipinski definition) is 10. The molecule has 470 valence electrons. The maximum absolute atomic E-state index is 14.3. The quantitative estimate of drug-likeness (QED) is 0.0335. The zero-order valence-electron chi connectivity index (χ0n) is 49.8. The number of fused-ring (bicyclic) bond motifs is 3. The van der Waals surface area contributed by atoms with Crippen molar-refractivity contribution in [3.05, 3.63) is 51.6 Å². The molecule has 2 fully saturated rings. The van der Waals surface area contributed by atoms with E-state index >= 15 is 0 Å². The molecule has 10 N–H and O–H groups in total. The molecule has 85 heavy (non-hydrogen) atoms. The number of aliphatic hydroxyl groups excluding tert-OH is 2. The van der Waals surface area contributed by atoms with Gasteiger partial charge in [-0.15, -0.1) is 0 Å². The molecule has 0 spiro atoms. The number of nitrogens with zero attached hydrogens (tertiary/aromatic N) is 1. The molecule has 10 atom stereocenters. The second-order valence-corrected chi connectivity index (χ2v) is 23.4. The van der Waals surface area contributed by atoms with E-state index < -0.39 is 156 Å². The third kappa shape index (κ3) is 16.5. The predicted molar refractivity (Wildman–Crippen MR) is 301 cm³/mol. The molecular weight excluding hydrogens is 1110 g/mol. The number of ketones is 3. The van der Waals surface area contributed by atoms with Crippen LogP contribution < -0.4 is 31.3 Å². The van der Waals surface area contributed by atoms with E-state index in [2.05, 4.69) is 26.6 Å². The number of hydrogen-bond acceptors (Lipinski definition) is 20. The summed E-state index contributed by atoms with van der Waals surface area (Å²) in [7, 11) is 2.83. The van der Waals surface area contributed by atoms with Crippen molar-refractivity contribution in [1.82, 2.24) is 31.5 Å².